The Morgan fingerprint density at radius 1 is 0.481 bits per heavy atom. The summed E-state index contributed by atoms with van der Waals surface area (Å²) in [5.74, 6) is 2.47. The Morgan fingerprint density at radius 3 is 0.692 bits per heavy atom. The van der Waals surface area contributed by atoms with E-state index in [2.05, 4.69) is 107 Å². The summed E-state index contributed by atoms with van der Waals surface area (Å²) >= 11 is 25.0. The van der Waals surface area contributed by atoms with Crippen molar-refractivity contribution in [3.63, 3.8) is 0 Å². The second kappa shape index (κ2) is 105. The molecule has 0 heterocycles. The molecule has 28 heteroatoms. The molecule has 0 aliphatic heterocycles. The maximum Gasteiger partial charge on any atom is 1.00 e. The zero-order valence-electron chi connectivity index (χ0n) is 27.6. The van der Waals surface area contributed by atoms with Crippen molar-refractivity contribution in [2.45, 2.75) is 96.4 Å². The van der Waals surface area contributed by atoms with E-state index < -0.39 is 35.7 Å². The molecule has 0 bridgehead atoms. The van der Waals surface area contributed by atoms with Crippen molar-refractivity contribution in [2.75, 3.05) is 0 Å². The fourth-order valence-electron chi connectivity index (χ4n) is 0.0907. The van der Waals surface area contributed by atoms with E-state index in [1.54, 1.807) is 71.0 Å². The third-order valence-electron chi connectivity index (χ3n) is 2.09. The van der Waals surface area contributed by atoms with Gasteiger partial charge < -0.3 is 13.8 Å². The molecule has 0 aliphatic rings. The van der Waals surface area contributed by atoms with Crippen LogP contribution in [-0.2, 0) is 165 Å². The van der Waals surface area contributed by atoms with Crippen molar-refractivity contribution in [1.29, 1.82) is 0 Å². The molecule has 0 radical (unpaired) electrons. The summed E-state index contributed by atoms with van der Waals surface area (Å²) in [7, 11) is 17.2. The Kier molecular flexibility index (Phi) is 193. The van der Waals surface area contributed by atoms with E-state index in [0.717, 1.165) is 35.6 Å². The second-order valence-corrected chi connectivity index (χ2v) is 24.8. The van der Waals surface area contributed by atoms with E-state index in [1.165, 1.54) is 30.6 Å². The van der Waals surface area contributed by atoms with Crippen molar-refractivity contribution >= 4 is 165 Å². The molecule has 0 aromatic carbocycles. The smallest absolute Gasteiger partial charge is 0.343 e. The van der Waals surface area contributed by atoms with Gasteiger partial charge in [-0.2, -0.15) is 39.2 Å². The van der Waals surface area contributed by atoms with Gasteiger partial charge >= 0.3 is 56.0 Å². The third kappa shape index (κ3) is 196. The monoisotopic (exact) mass is 1060 g/mol. The Labute approximate surface area is 394 Å². The molecule has 0 atom stereocenters. The molecular weight excluding hydrogens is 1020 g/mol. The number of halogens is 9. The summed E-state index contributed by atoms with van der Waals surface area (Å²) in [6.45, 7) is 17.9. The van der Waals surface area contributed by atoms with Crippen molar-refractivity contribution in [2.24, 2.45) is 0 Å². The van der Waals surface area contributed by atoms with Crippen LogP contribution >= 0.6 is 0 Å². The van der Waals surface area contributed by atoms with Crippen LogP contribution in [0.2, 0.25) is 0 Å². The minimum Gasteiger partial charge on any atom is -0.343 e. The van der Waals surface area contributed by atoms with Crippen LogP contribution in [0.25, 0.3) is 0 Å². The first kappa shape index (κ1) is 95.5. The molecule has 0 rings (SSSR count). The van der Waals surface area contributed by atoms with Crippen LogP contribution in [0, 0.1) is 25.7 Å². The van der Waals surface area contributed by atoms with E-state index >= 15 is 0 Å². The van der Waals surface area contributed by atoms with Gasteiger partial charge in [0.25, 0.3) is 0 Å². The molecule has 0 unspecified atom stereocenters. The number of hydrogen-bond acceptors (Lipinski definition) is 6. The largest absolute Gasteiger partial charge is 1.00 e. The van der Waals surface area contributed by atoms with Crippen molar-refractivity contribution < 1.29 is 77.2 Å². The van der Waals surface area contributed by atoms with E-state index in [1.807, 2.05) is 13.8 Å². The predicted octanol–water partition coefficient (Wildman–Crippen LogP) is 6.40. The molecule has 0 fully saturated rings. The number of allylic oxidation sites excluding steroid dienone is 3. The standard InChI is InChI=1S/C4H6F2.2C4H9.C4H6.C3H3F3.C2F4.3CH4.2Li.S12.S3.S2/c1-3(5)4(2)6;3*1-3-4-2;1-2(4)3(5)6;3-1(4)2(5)6;;;;;;1-3-5-7-9-11-12-10-8-6-4-2;1-3-2;1-2/h1-2H3;2*1,3-4H2,2H3;1-2H3;1H3;;3*1H4;;;;;/q;2*-1;;;;;;;2*+1;;;/b4-3+;;;;;;;;;;;;;. The van der Waals surface area contributed by atoms with Crippen LogP contribution in [0.4, 0.5) is 39.5 Å². The Hall–Kier alpha value is 3.08. The minimum atomic E-state index is -2.91. The predicted molar refractivity (Wildman–Crippen MR) is 253 cm³/mol. The maximum absolute atomic E-state index is 11.3. The summed E-state index contributed by atoms with van der Waals surface area (Å²) < 4.78 is 96.1. The van der Waals surface area contributed by atoms with Crippen LogP contribution < -0.4 is 37.7 Å². The zero-order chi connectivity index (χ0) is 39.5. The fraction of sp³-hybridized carbons (Fsp3) is 0.583. The molecule has 0 saturated carbocycles. The first-order valence-corrected chi connectivity index (χ1v) is 29.6. The van der Waals surface area contributed by atoms with Crippen molar-refractivity contribution in [3.05, 3.63) is 49.6 Å². The van der Waals surface area contributed by atoms with Crippen LogP contribution in [-0.4, -0.2) is 0 Å². The number of hydrogen-bond donors (Lipinski definition) is 0. The fourth-order valence-corrected chi connectivity index (χ4v) is 22.0. The number of unbranched alkanes of at least 4 members (excludes halogenated alkanes) is 2. The van der Waals surface area contributed by atoms with Gasteiger partial charge in [0.2, 0.25) is 0 Å². The SMILES string of the molecule is C.C.C.C/C(F)=C(/C)F.CC#CC.CC(F)=C(F)F.FC(F)=C(F)F.S=S.S=S=S.S=S=S=S=S=S=S=S=S=S=S=S.[CH2-]CCC.[CH2-]CCC.[Li+].[Li+]. The van der Waals surface area contributed by atoms with Crippen LogP contribution in [0.1, 0.15) is 96.4 Å². The Balaban J connectivity index is -0.0000000269. The van der Waals surface area contributed by atoms with Gasteiger partial charge in [0.1, 0.15) is 11.7 Å². The van der Waals surface area contributed by atoms with E-state index in [9.17, 15) is 39.5 Å². The van der Waals surface area contributed by atoms with Crippen LogP contribution in [0.15, 0.2) is 35.7 Å². The molecule has 0 spiro atoms. The number of rotatable bonds is 2. The summed E-state index contributed by atoms with van der Waals surface area (Å²) in [5.41, 5.74) is 0. The Bertz CT molecular complexity index is 1180. The molecular formula is C24H45F9Li2S17. The normalized spacial score (nSPS) is 6.81. The molecule has 0 N–H and O–H groups in total. The molecule has 0 amide bonds. The van der Waals surface area contributed by atoms with Crippen LogP contribution in [0.5, 0.6) is 0 Å². The second-order valence-electron chi connectivity index (χ2n) is 5.34. The van der Waals surface area contributed by atoms with E-state index in [4.69, 9.17) is 0 Å². The van der Waals surface area contributed by atoms with Gasteiger partial charge in [0.05, 0.1) is 0 Å². The molecule has 308 valence electrons. The van der Waals surface area contributed by atoms with Gasteiger partial charge in [-0.25, -0.2) is 13.2 Å². The average Bonchev–Trinajstić information content (AvgIpc) is 3.04. The summed E-state index contributed by atoms with van der Waals surface area (Å²) in [4.78, 5) is 0. The van der Waals surface area contributed by atoms with E-state index in [-0.39, 0.29) is 60.0 Å². The Morgan fingerprint density at radius 2 is 0.635 bits per heavy atom. The van der Waals surface area contributed by atoms with Gasteiger partial charge in [0.15, 0.2) is 5.83 Å². The summed E-state index contributed by atoms with van der Waals surface area (Å²) in [5, 5.41) is 0. The third-order valence-corrected chi connectivity index (χ3v) is 22.1. The van der Waals surface area contributed by atoms with Gasteiger partial charge in [-0.3, -0.25) is 0 Å². The summed E-state index contributed by atoms with van der Waals surface area (Å²) in [6.07, 6.45) is -3.50. The maximum atomic E-state index is 11.3. The molecule has 0 aliphatic carbocycles. The quantitative estimate of drug-likeness (QED) is 0.135. The van der Waals surface area contributed by atoms with Gasteiger partial charge in [-0.05, 0) is 34.6 Å². The molecule has 0 aromatic rings. The first-order valence-electron chi connectivity index (χ1n) is 10.9. The first-order chi connectivity index (χ1) is 22.0. The average molecular weight is 1060 g/mol. The van der Waals surface area contributed by atoms with Crippen molar-refractivity contribution in [1.82, 2.24) is 0 Å². The molecule has 52 heavy (non-hydrogen) atoms. The van der Waals surface area contributed by atoms with Gasteiger partial charge in [0, 0.05) is 165 Å². The minimum absolute atomic E-state index is 0. The molecule has 0 aromatic heterocycles. The van der Waals surface area contributed by atoms with Crippen molar-refractivity contribution in [3.8, 4) is 11.8 Å². The molecule has 0 nitrogen and oxygen atoms in total. The van der Waals surface area contributed by atoms with Crippen LogP contribution in [0.3, 0.4) is 0 Å². The summed E-state index contributed by atoms with van der Waals surface area (Å²) in [6, 6.07) is 0. The molecule has 0 saturated heterocycles. The van der Waals surface area contributed by atoms with Gasteiger partial charge in [-0.15, -0.1) is 11.8 Å². The zero-order valence-corrected chi connectivity index (χ0v) is 41.5. The topological polar surface area (TPSA) is 0 Å². The van der Waals surface area contributed by atoms with E-state index in [0.29, 0.717) is 6.92 Å². The van der Waals surface area contributed by atoms with Gasteiger partial charge in [-0.1, -0.05) is 49.0 Å².